The van der Waals surface area contributed by atoms with E-state index in [0.717, 1.165) is 30.5 Å². The molecule has 1 saturated heterocycles. The third kappa shape index (κ3) is 2.53. The molecule has 1 aliphatic heterocycles. The van der Waals surface area contributed by atoms with Crippen LogP contribution in [0.15, 0.2) is 6.07 Å². The molecule has 1 fully saturated rings. The van der Waals surface area contributed by atoms with E-state index < -0.39 is 0 Å². The highest BCUT2D eigenvalue weighted by atomic mass is 32.2. The van der Waals surface area contributed by atoms with E-state index in [1.807, 2.05) is 24.8 Å². The molecular weight excluding hydrogens is 208 g/mol. The molecule has 1 aromatic rings. The number of nitrogens with zero attached hydrogens (tertiary/aromatic N) is 3. The topological polar surface area (TPSA) is 55.0 Å². The van der Waals surface area contributed by atoms with Crippen molar-refractivity contribution in [2.75, 3.05) is 29.5 Å². The van der Waals surface area contributed by atoms with Crippen molar-refractivity contribution in [3.63, 3.8) is 0 Å². The van der Waals surface area contributed by atoms with Gasteiger partial charge in [0, 0.05) is 30.2 Å². The molecule has 1 unspecified atom stereocenters. The Labute approximate surface area is 94.3 Å². The van der Waals surface area contributed by atoms with Crippen molar-refractivity contribution < 1.29 is 0 Å². The van der Waals surface area contributed by atoms with Crippen LogP contribution in [-0.2, 0) is 0 Å². The maximum Gasteiger partial charge on any atom is 0.134 e. The van der Waals surface area contributed by atoms with E-state index in [-0.39, 0.29) is 0 Å². The minimum absolute atomic E-state index is 0.559. The quantitative estimate of drug-likeness (QED) is 0.779. The number of nitrogens with two attached hydrogens (primary N) is 1. The number of anilines is 2. The van der Waals surface area contributed by atoms with Gasteiger partial charge in [-0.1, -0.05) is 6.92 Å². The molecule has 1 atom stereocenters. The van der Waals surface area contributed by atoms with E-state index in [1.54, 1.807) is 0 Å². The Hall–Kier alpha value is -0.970. The van der Waals surface area contributed by atoms with Gasteiger partial charge < -0.3 is 10.6 Å². The van der Waals surface area contributed by atoms with Crippen LogP contribution in [0.5, 0.6) is 0 Å². The van der Waals surface area contributed by atoms with Gasteiger partial charge in [-0.05, 0) is 6.92 Å². The number of hydrogen-bond donors (Lipinski definition) is 1. The third-order valence-corrected chi connectivity index (χ3v) is 3.55. The van der Waals surface area contributed by atoms with Crippen molar-refractivity contribution >= 4 is 23.4 Å². The lowest BCUT2D eigenvalue weighted by Crippen LogP contribution is -2.37. The average Bonchev–Trinajstić information content (AvgIpc) is 2.16. The number of aryl methyl sites for hydroxylation is 1. The Bertz CT molecular complexity index is 335. The van der Waals surface area contributed by atoms with Gasteiger partial charge in [-0.15, -0.1) is 0 Å². The molecule has 2 N–H and O–H groups in total. The zero-order chi connectivity index (χ0) is 10.8. The number of rotatable bonds is 1. The Morgan fingerprint density at radius 1 is 1.53 bits per heavy atom. The first-order chi connectivity index (χ1) is 7.15. The van der Waals surface area contributed by atoms with Gasteiger partial charge in [0.2, 0.25) is 0 Å². The zero-order valence-corrected chi connectivity index (χ0v) is 9.92. The highest BCUT2D eigenvalue weighted by Crippen LogP contribution is 2.23. The van der Waals surface area contributed by atoms with E-state index in [1.165, 1.54) is 0 Å². The number of thioether (sulfide) groups is 1. The van der Waals surface area contributed by atoms with Crippen LogP contribution in [0, 0.1) is 6.92 Å². The molecule has 0 saturated carbocycles. The molecule has 0 radical (unpaired) electrons. The second-order valence-corrected chi connectivity index (χ2v) is 5.37. The molecule has 2 heterocycles. The van der Waals surface area contributed by atoms with Crippen LogP contribution < -0.4 is 10.6 Å². The van der Waals surface area contributed by atoms with Crippen molar-refractivity contribution in [3.8, 4) is 0 Å². The first-order valence-electron chi connectivity index (χ1n) is 5.13. The molecular formula is C10H16N4S. The second kappa shape index (κ2) is 4.26. The molecule has 0 bridgehead atoms. The fraction of sp³-hybridized carbons (Fsp3) is 0.600. The van der Waals surface area contributed by atoms with Gasteiger partial charge in [0.15, 0.2) is 0 Å². The normalized spacial score (nSPS) is 21.7. The fourth-order valence-electron chi connectivity index (χ4n) is 1.76. The van der Waals surface area contributed by atoms with Crippen LogP contribution in [0.2, 0.25) is 0 Å². The minimum Gasteiger partial charge on any atom is -0.384 e. The van der Waals surface area contributed by atoms with Crippen LogP contribution in [0.25, 0.3) is 0 Å². The highest BCUT2D eigenvalue weighted by molar-refractivity contribution is 8.00. The Kier molecular flexibility index (Phi) is 3.00. The lowest BCUT2D eigenvalue weighted by atomic mass is 10.3. The molecule has 82 valence electrons. The second-order valence-electron chi connectivity index (χ2n) is 3.83. The van der Waals surface area contributed by atoms with Crippen LogP contribution in [0.4, 0.5) is 11.6 Å². The van der Waals surface area contributed by atoms with Gasteiger partial charge in [-0.3, -0.25) is 0 Å². The maximum atomic E-state index is 5.72. The average molecular weight is 224 g/mol. The fourth-order valence-corrected chi connectivity index (χ4v) is 2.78. The summed E-state index contributed by atoms with van der Waals surface area (Å²) in [6.45, 7) is 6.21. The monoisotopic (exact) mass is 224 g/mol. The van der Waals surface area contributed by atoms with Crippen molar-refractivity contribution in [3.05, 3.63) is 11.9 Å². The number of nitrogen functional groups attached to an aromatic ring is 1. The molecule has 1 aromatic heterocycles. The summed E-state index contributed by atoms with van der Waals surface area (Å²) in [6.07, 6.45) is 0. The highest BCUT2D eigenvalue weighted by Gasteiger charge is 2.18. The molecule has 2 rings (SSSR count). The summed E-state index contributed by atoms with van der Waals surface area (Å²) in [5, 5.41) is 0.662. The SMILES string of the molecule is Cc1nc(N)cc(N2CCSC(C)C2)n1. The van der Waals surface area contributed by atoms with E-state index in [4.69, 9.17) is 5.73 Å². The summed E-state index contributed by atoms with van der Waals surface area (Å²) in [5.41, 5.74) is 5.72. The summed E-state index contributed by atoms with van der Waals surface area (Å²) in [7, 11) is 0. The first kappa shape index (κ1) is 10.5. The molecule has 5 heteroatoms. The largest absolute Gasteiger partial charge is 0.384 e. The number of hydrogen-bond acceptors (Lipinski definition) is 5. The van der Waals surface area contributed by atoms with Crippen molar-refractivity contribution in [1.82, 2.24) is 9.97 Å². The predicted molar refractivity (Wildman–Crippen MR) is 65.3 cm³/mol. The van der Waals surface area contributed by atoms with E-state index in [9.17, 15) is 0 Å². The number of aromatic nitrogens is 2. The third-order valence-electron chi connectivity index (χ3n) is 2.41. The predicted octanol–water partition coefficient (Wildman–Crippen LogP) is 1.31. The Morgan fingerprint density at radius 2 is 2.33 bits per heavy atom. The van der Waals surface area contributed by atoms with Gasteiger partial charge in [0.25, 0.3) is 0 Å². The van der Waals surface area contributed by atoms with E-state index >= 15 is 0 Å². The van der Waals surface area contributed by atoms with Crippen LogP contribution >= 0.6 is 11.8 Å². The van der Waals surface area contributed by atoms with Gasteiger partial charge in [0.1, 0.15) is 17.5 Å². The van der Waals surface area contributed by atoms with Crippen LogP contribution in [-0.4, -0.2) is 34.1 Å². The summed E-state index contributed by atoms with van der Waals surface area (Å²) in [6, 6.07) is 1.86. The van der Waals surface area contributed by atoms with Crippen molar-refractivity contribution in [2.45, 2.75) is 19.1 Å². The standard InChI is InChI=1S/C10H16N4S/c1-7-6-14(3-4-15-7)10-5-9(11)12-8(2)13-10/h5,7H,3-4,6H2,1-2H3,(H2,11,12,13). The van der Waals surface area contributed by atoms with Gasteiger partial charge >= 0.3 is 0 Å². The van der Waals surface area contributed by atoms with Gasteiger partial charge in [0.05, 0.1) is 0 Å². The van der Waals surface area contributed by atoms with Crippen LogP contribution in [0.3, 0.4) is 0 Å². The smallest absolute Gasteiger partial charge is 0.134 e. The van der Waals surface area contributed by atoms with Gasteiger partial charge in [-0.25, -0.2) is 9.97 Å². The van der Waals surface area contributed by atoms with Crippen molar-refractivity contribution in [2.24, 2.45) is 0 Å². The molecule has 1 aliphatic rings. The first-order valence-corrected chi connectivity index (χ1v) is 6.18. The summed E-state index contributed by atoms with van der Waals surface area (Å²) < 4.78 is 0. The molecule has 4 nitrogen and oxygen atoms in total. The van der Waals surface area contributed by atoms with Crippen molar-refractivity contribution in [1.29, 1.82) is 0 Å². The Balaban J connectivity index is 2.20. The molecule has 15 heavy (non-hydrogen) atoms. The summed E-state index contributed by atoms with van der Waals surface area (Å²) >= 11 is 2.01. The molecule has 0 spiro atoms. The summed E-state index contributed by atoms with van der Waals surface area (Å²) in [5.74, 6) is 3.43. The van der Waals surface area contributed by atoms with Gasteiger partial charge in [-0.2, -0.15) is 11.8 Å². The van der Waals surface area contributed by atoms with E-state index in [0.29, 0.717) is 11.1 Å². The van der Waals surface area contributed by atoms with E-state index in [2.05, 4.69) is 21.8 Å². The molecule has 0 amide bonds. The Morgan fingerprint density at radius 3 is 3.00 bits per heavy atom. The van der Waals surface area contributed by atoms with Crippen LogP contribution in [0.1, 0.15) is 12.7 Å². The molecule has 0 aliphatic carbocycles. The maximum absolute atomic E-state index is 5.72. The molecule has 0 aromatic carbocycles. The summed E-state index contributed by atoms with van der Waals surface area (Å²) in [4.78, 5) is 10.8. The lowest BCUT2D eigenvalue weighted by Gasteiger charge is -2.31. The minimum atomic E-state index is 0.559. The zero-order valence-electron chi connectivity index (χ0n) is 9.10. The lowest BCUT2D eigenvalue weighted by molar-refractivity contribution is 0.765.